The molecule has 340 valence electrons. The minimum absolute atomic E-state index is 0.0477. The number of nitrogens with zero attached hydrogens (tertiary/aromatic N) is 5. The SMILES string of the molecule is CC(C)C[C@H]1NC(=O)C(NC(=O)c2ncccc2O)[C@@H](C)OC(=O)[C@H](CC(C)C)N(C)C(=O)[C@H](C)NC(=O)[C@H](C(C)C(C)C)N(C)C(=O)CN(C)C(=O)[C@H]2C[C@@H](O)CN2C1=O. The quantitative estimate of drug-likeness (QED) is 0.221. The van der Waals surface area contributed by atoms with Crippen LogP contribution >= 0.6 is 0 Å². The van der Waals surface area contributed by atoms with Gasteiger partial charge in [-0.3, -0.25) is 33.6 Å². The van der Waals surface area contributed by atoms with E-state index >= 15 is 0 Å². The van der Waals surface area contributed by atoms with Crippen LogP contribution in [0.2, 0.25) is 0 Å². The molecule has 0 bridgehead atoms. The number of nitrogens with one attached hydrogen (secondary N) is 3. The molecule has 2 aliphatic heterocycles. The summed E-state index contributed by atoms with van der Waals surface area (Å²) in [5, 5.41) is 29.0. The molecule has 3 heterocycles. The number of fused-ring (bicyclic) bond motifs is 1. The van der Waals surface area contributed by atoms with Gasteiger partial charge in [0.1, 0.15) is 48.1 Å². The number of likely N-dealkylation sites (N-methyl/N-ethyl adjacent to an activating group) is 3. The molecule has 5 N–H and O–H groups in total. The van der Waals surface area contributed by atoms with E-state index in [9.17, 15) is 48.6 Å². The number of aliphatic hydroxyl groups excluding tert-OH is 1. The van der Waals surface area contributed by atoms with Crippen LogP contribution in [0.25, 0.3) is 0 Å². The number of carbonyl (C=O) groups excluding carboxylic acids is 8. The number of cyclic esters (lactones) is 1. The average molecular weight is 859 g/mol. The lowest BCUT2D eigenvalue weighted by molar-refractivity contribution is -0.161. The van der Waals surface area contributed by atoms with Crippen LogP contribution in [0, 0.1) is 23.7 Å². The predicted octanol–water partition coefficient (Wildman–Crippen LogP) is 0.279. The zero-order valence-corrected chi connectivity index (χ0v) is 37.5. The molecule has 2 unspecified atom stereocenters. The van der Waals surface area contributed by atoms with Crippen LogP contribution in [0.3, 0.4) is 0 Å². The normalized spacial score (nSPS) is 27.7. The molecule has 19 nitrogen and oxygen atoms in total. The summed E-state index contributed by atoms with van der Waals surface area (Å²) in [5.41, 5.74) is -0.438. The number of esters is 1. The van der Waals surface area contributed by atoms with E-state index in [1.165, 1.54) is 58.2 Å². The monoisotopic (exact) mass is 858 g/mol. The van der Waals surface area contributed by atoms with Gasteiger partial charge >= 0.3 is 5.97 Å². The Morgan fingerprint density at radius 1 is 0.885 bits per heavy atom. The molecule has 3 rings (SSSR count). The van der Waals surface area contributed by atoms with Crippen molar-refractivity contribution in [1.82, 2.24) is 40.5 Å². The molecule has 0 saturated carbocycles. The van der Waals surface area contributed by atoms with Gasteiger partial charge < -0.3 is 50.5 Å². The Kier molecular flexibility index (Phi) is 17.6. The standard InChI is InChI=1S/C42H66N8O11/c1-21(2)16-28-40(58)50-19-27(51)18-29(50)41(59)47(10)20-32(53)49(12)35(24(7)23(5)6)38(56)44-25(8)39(57)48(11)30(17-22(3)4)42(60)61-26(9)33(36(54)45-28)46-37(55)34-31(52)14-13-15-43-34/h13-15,21-30,33,35,51-52H,16-20H2,1-12H3,(H,44,56)(H,45,54)(H,46,55)/t24?,25-,26+,27+,28+,29+,30-,33?,35-/m0/s1. The van der Waals surface area contributed by atoms with Crippen LogP contribution in [0.15, 0.2) is 18.3 Å². The van der Waals surface area contributed by atoms with Gasteiger partial charge in [-0.1, -0.05) is 48.5 Å². The summed E-state index contributed by atoms with van der Waals surface area (Å²) in [4.78, 5) is 121. The van der Waals surface area contributed by atoms with Crippen molar-refractivity contribution >= 4 is 47.3 Å². The van der Waals surface area contributed by atoms with E-state index in [2.05, 4.69) is 20.9 Å². The van der Waals surface area contributed by atoms with Crippen LogP contribution in [0.1, 0.15) is 92.1 Å². The van der Waals surface area contributed by atoms with Crippen molar-refractivity contribution in [2.45, 2.75) is 130 Å². The number of aliphatic hydroxyl groups is 1. The van der Waals surface area contributed by atoms with E-state index in [0.29, 0.717) is 0 Å². The Morgan fingerprint density at radius 2 is 1.51 bits per heavy atom. The Balaban J connectivity index is 2.19. The predicted molar refractivity (Wildman–Crippen MR) is 222 cm³/mol. The highest BCUT2D eigenvalue weighted by atomic mass is 16.5. The third-order valence-corrected chi connectivity index (χ3v) is 11.4. The van der Waals surface area contributed by atoms with Gasteiger partial charge in [0.25, 0.3) is 5.91 Å². The lowest BCUT2D eigenvalue weighted by Gasteiger charge is -2.37. The van der Waals surface area contributed by atoms with Crippen LogP contribution in [-0.2, 0) is 38.3 Å². The molecule has 61 heavy (non-hydrogen) atoms. The van der Waals surface area contributed by atoms with Gasteiger partial charge in [-0.25, -0.2) is 9.78 Å². The van der Waals surface area contributed by atoms with E-state index in [4.69, 9.17) is 4.74 Å². The summed E-state index contributed by atoms with van der Waals surface area (Å²) in [5.74, 6) is -7.60. The number of carbonyl (C=O) groups is 8. The third kappa shape index (κ3) is 12.6. The van der Waals surface area contributed by atoms with Gasteiger partial charge in [0.05, 0.1) is 12.6 Å². The first-order valence-corrected chi connectivity index (χ1v) is 20.9. The summed E-state index contributed by atoms with van der Waals surface area (Å²) in [6.45, 7) is 14.8. The van der Waals surface area contributed by atoms with E-state index in [1.807, 2.05) is 27.7 Å². The molecule has 1 aromatic heterocycles. The molecular weight excluding hydrogens is 793 g/mol. The topological polar surface area (TPSA) is 248 Å². The first kappa shape index (κ1) is 50.0. The van der Waals surface area contributed by atoms with Crippen molar-refractivity contribution in [3.05, 3.63) is 24.0 Å². The summed E-state index contributed by atoms with van der Waals surface area (Å²) in [6, 6.07) is -5.15. The lowest BCUT2D eigenvalue weighted by Crippen LogP contribution is -2.61. The van der Waals surface area contributed by atoms with E-state index in [-0.39, 0.29) is 43.6 Å². The molecule has 2 aliphatic rings. The maximum Gasteiger partial charge on any atom is 0.329 e. The van der Waals surface area contributed by atoms with Crippen molar-refractivity contribution in [3.63, 3.8) is 0 Å². The van der Waals surface area contributed by atoms with Crippen LogP contribution < -0.4 is 16.0 Å². The molecule has 0 spiro atoms. The molecule has 2 fully saturated rings. The van der Waals surface area contributed by atoms with Gasteiger partial charge in [-0.05, 0) is 62.5 Å². The highest BCUT2D eigenvalue weighted by Gasteiger charge is 2.45. The number of pyridine rings is 1. The second kappa shape index (κ2) is 21.5. The van der Waals surface area contributed by atoms with Crippen molar-refractivity contribution < 1.29 is 53.3 Å². The lowest BCUT2D eigenvalue weighted by atomic mass is 9.88. The zero-order chi connectivity index (χ0) is 46.2. The minimum Gasteiger partial charge on any atom is -0.505 e. The molecule has 0 radical (unpaired) electrons. The van der Waals surface area contributed by atoms with Crippen molar-refractivity contribution in [2.75, 3.05) is 34.2 Å². The second-order valence-corrected chi connectivity index (χ2v) is 17.6. The first-order valence-electron chi connectivity index (χ1n) is 20.9. The summed E-state index contributed by atoms with van der Waals surface area (Å²) in [6.07, 6.45) is -1.33. The van der Waals surface area contributed by atoms with Crippen molar-refractivity contribution in [2.24, 2.45) is 23.7 Å². The second-order valence-electron chi connectivity index (χ2n) is 17.6. The number of amides is 7. The minimum atomic E-state index is -1.70. The van der Waals surface area contributed by atoms with Crippen LogP contribution in [-0.4, -0.2) is 165 Å². The van der Waals surface area contributed by atoms with Gasteiger partial charge in [-0.15, -0.1) is 0 Å². The molecule has 7 amide bonds. The van der Waals surface area contributed by atoms with E-state index in [0.717, 1.165) is 14.7 Å². The summed E-state index contributed by atoms with van der Waals surface area (Å²) in [7, 11) is 4.17. The molecule has 2 saturated heterocycles. The number of hydrogen-bond acceptors (Lipinski definition) is 12. The Morgan fingerprint density at radius 3 is 2.08 bits per heavy atom. The number of aromatic hydroxyl groups is 1. The Bertz CT molecular complexity index is 1790. The highest BCUT2D eigenvalue weighted by Crippen LogP contribution is 2.25. The van der Waals surface area contributed by atoms with E-state index in [1.54, 1.807) is 20.8 Å². The molecule has 9 atom stereocenters. The average Bonchev–Trinajstić information content (AvgIpc) is 3.57. The molecule has 0 aliphatic carbocycles. The van der Waals surface area contributed by atoms with Crippen molar-refractivity contribution in [1.29, 1.82) is 0 Å². The number of rotatable bonds is 8. The number of ether oxygens (including phenoxy) is 1. The highest BCUT2D eigenvalue weighted by molar-refractivity contribution is 6.00. The van der Waals surface area contributed by atoms with Crippen LogP contribution in [0.5, 0.6) is 5.75 Å². The first-order chi connectivity index (χ1) is 28.4. The van der Waals surface area contributed by atoms with E-state index < -0.39 is 120 Å². The fraction of sp³-hybridized carbons (Fsp3) is 0.690. The fourth-order valence-electron chi connectivity index (χ4n) is 7.57. The van der Waals surface area contributed by atoms with Gasteiger partial charge in [0, 0.05) is 40.3 Å². The van der Waals surface area contributed by atoms with Gasteiger partial charge in [0.15, 0.2) is 5.69 Å². The Labute approximate surface area is 358 Å². The van der Waals surface area contributed by atoms with Gasteiger partial charge in [0.2, 0.25) is 35.4 Å². The number of aromatic nitrogens is 1. The third-order valence-electron chi connectivity index (χ3n) is 11.4. The van der Waals surface area contributed by atoms with Crippen molar-refractivity contribution in [3.8, 4) is 5.75 Å². The smallest absolute Gasteiger partial charge is 0.329 e. The largest absolute Gasteiger partial charge is 0.505 e. The maximum absolute atomic E-state index is 14.4. The fourth-order valence-corrected chi connectivity index (χ4v) is 7.57. The van der Waals surface area contributed by atoms with Gasteiger partial charge in [-0.2, -0.15) is 0 Å². The summed E-state index contributed by atoms with van der Waals surface area (Å²) >= 11 is 0. The zero-order valence-electron chi connectivity index (χ0n) is 37.5. The number of hydrogen-bond donors (Lipinski definition) is 5. The molecule has 19 heteroatoms. The van der Waals surface area contributed by atoms with Crippen LogP contribution in [0.4, 0.5) is 0 Å². The Hall–Kier alpha value is -5.33. The molecule has 0 aromatic carbocycles. The summed E-state index contributed by atoms with van der Waals surface area (Å²) < 4.78 is 5.85. The molecular formula is C42H66N8O11. The maximum atomic E-state index is 14.4. The molecule has 1 aromatic rings.